The predicted octanol–water partition coefficient (Wildman–Crippen LogP) is 2.21. The molecule has 0 aliphatic carbocycles. The first-order chi connectivity index (χ1) is 14.8. The molecule has 2 aliphatic heterocycles. The fourth-order valence-electron chi connectivity index (χ4n) is 4.60. The van der Waals surface area contributed by atoms with E-state index in [1.807, 2.05) is 35.5 Å². The van der Waals surface area contributed by atoms with Crippen LogP contribution in [-0.2, 0) is 11.2 Å². The lowest BCUT2D eigenvalue weighted by molar-refractivity contribution is -0.133. The topological polar surface area (TPSA) is 76.3 Å². The number of nitrogens with zero attached hydrogens (tertiary/aromatic N) is 3. The number of aromatic amines is 1. The van der Waals surface area contributed by atoms with Gasteiger partial charge in [-0.05, 0) is 36.1 Å². The third-order valence-electron chi connectivity index (χ3n) is 6.36. The molecule has 3 aromatic rings. The molecule has 0 radical (unpaired) electrons. The Morgan fingerprint density at radius 1 is 1.07 bits per heavy atom. The number of rotatable bonds is 5. The Bertz CT molecular complexity index is 995. The third-order valence-corrected chi connectivity index (χ3v) is 6.36. The van der Waals surface area contributed by atoms with Crippen LogP contribution in [0.15, 0.2) is 55.0 Å². The van der Waals surface area contributed by atoms with Crippen molar-refractivity contribution in [2.75, 3.05) is 26.2 Å². The van der Waals surface area contributed by atoms with Crippen molar-refractivity contribution < 1.29 is 4.79 Å². The number of aromatic nitrogens is 2. The highest BCUT2D eigenvalue weighted by molar-refractivity contribution is 5.84. The van der Waals surface area contributed by atoms with Crippen LogP contribution in [0.4, 0.5) is 0 Å². The Morgan fingerprint density at radius 3 is 2.77 bits per heavy atom. The summed E-state index contributed by atoms with van der Waals surface area (Å²) in [5.41, 5.74) is 10.4. The van der Waals surface area contributed by atoms with E-state index in [-0.39, 0.29) is 11.9 Å². The van der Waals surface area contributed by atoms with Gasteiger partial charge in [-0.1, -0.05) is 24.3 Å². The number of carbonyl (C=O) groups is 1. The second-order valence-corrected chi connectivity index (χ2v) is 8.16. The minimum atomic E-state index is 0.255. The first-order valence-electron chi connectivity index (χ1n) is 10.8. The number of hydrogen-bond donors (Lipinski definition) is 3. The van der Waals surface area contributed by atoms with Gasteiger partial charge in [0.15, 0.2) is 0 Å². The van der Waals surface area contributed by atoms with Crippen molar-refractivity contribution in [1.82, 2.24) is 30.6 Å². The molecule has 2 atom stereocenters. The molecule has 0 saturated carbocycles. The number of hydrogen-bond acceptors (Lipinski definition) is 5. The largest absolute Gasteiger partial charge is 0.361 e. The van der Waals surface area contributed by atoms with Gasteiger partial charge in [-0.15, -0.1) is 0 Å². The molecule has 1 aromatic carbocycles. The first-order valence-corrected chi connectivity index (χ1v) is 10.8. The smallest absolute Gasteiger partial charge is 0.222 e. The fourth-order valence-corrected chi connectivity index (χ4v) is 4.60. The van der Waals surface area contributed by atoms with Gasteiger partial charge < -0.3 is 9.88 Å². The molecule has 3 N–H and O–H groups in total. The molecule has 5 rings (SSSR count). The molecule has 156 valence electrons. The number of para-hydroxylation sites is 1. The Kier molecular flexibility index (Phi) is 5.48. The van der Waals surface area contributed by atoms with Crippen molar-refractivity contribution in [3.63, 3.8) is 0 Å². The van der Waals surface area contributed by atoms with E-state index in [1.54, 1.807) is 6.20 Å². The van der Waals surface area contributed by atoms with E-state index < -0.39 is 0 Å². The van der Waals surface area contributed by atoms with Crippen LogP contribution in [0.1, 0.15) is 30.0 Å². The number of nitrogens with one attached hydrogen (secondary N) is 3. The van der Waals surface area contributed by atoms with E-state index in [4.69, 9.17) is 0 Å². The van der Waals surface area contributed by atoms with Gasteiger partial charge in [-0.3, -0.25) is 14.7 Å². The van der Waals surface area contributed by atoms with Crippen molar-refractivity contribution in [3.8, 4) is 0 Å². The Labute approximate surface area is 176 Å². The Morgan fingerprint density at radius 2 is 1.93 bits per heavy atom. The Hall–Kier alpha value is -2.74. The van der Waals surface area contributed by atoms with Crippen molar-refractivity contribution in [2.45, 2.75) is 31.5 Å². The van der Waals surface area contributed by atoms with Gasteiger partial charge >= 0.3 is 0 Å². The number of pyridine rings is 1. The lowest BCUT2D eigenvalue weighted by Crippen LogP contribution is -2.55. The van der Waals surface area contributed by atoms with Crippen molar-refractivity contribution >= 4 is 16.8 Å². The van der Waals surface area contributed by atoms with E-state index in [0.717, 1.165) is 44.5 Å². The minimum Gasteiger partial charge on any atom is -0.361 e. The molecule has 7 heteroatoms. The quantitative estimate of drug-likeness (QED) is 0.608. The standard InChI is InChI=1S/C23H28N6O/c30-23(8-7-17-16-25-20-6-2-1-5-19(17)20)29-12-10-28(11-13-29)22-14-21(26-27-22)18-4-3-9-24-15-18/h1-6,9,15-16,21-22,25-27H,7-8,10-14H2. The summed E-state index contributed by atoms with van der Waals surface area (Å²) in [7, 11) is 0. The number of hydrazine groups is 1. The number of H-pyrrole nitrogens is 1. The van der Waals surface area contributed by atoms with Crippen LogP contribution >= 0.6 is 0 Å². The maximum absolute atomic E-state index is 12.8. The lowest BCUT2D eigenvalue weighted by Gasteiger charge is -2.37. The van der Waals surface area contributed by atoms with E-state index >= 15 is 0 Å². The lowest BCUT2D eigenvalue weighted by atomic mass is 10.1. The van der Waals surface area contributed by atoms with Crippen LogP contribution < -0.4 is 10.9 Å². The SMILES string of the molecule is O=C(CCc1c[nH]c2ccccc12)N1CCN(C2CC(c3cccnc3)NN2)CC1. The first kappa shape index (κ1) is 19.2. The van der Waals surface area contributed by atoms with Crippen LogP contribution in [0, 0.1) is 0 Å². The molecule has 2 saturated heterocycles. The Balaban J connectivity index is 1.10. The zero-order valence-corrected chi connectivity index (χ0v) is 17.1. The molecule has 2 unspecified atom stereocenters. The highest BCUT2D eigenvalue weighted by Gasteiger charge is 2.32. The van der Waals surface area contributed by atoms with Gasteiger partial charge in [0, 0.05) is 62.1 Å². The molecular formula is C23H28N6O. The third kappa shape index (κ3) is 3.96. The molecule has 2 aromatic heterocycles. The van der Waals surface area contributed by atoms with Crippen molar-refractivity contribution in [2.24, 2.45) is 0 Å². The summed E-state index contributed by atoms with van der Waals surface area (Å²) in [6, 6.07) is 12.6. The molecular weight excluding hydrogens is 376 g/mol. The zero-order chi connectivity index (χ0) is 20.3. The van der Waals surface area contributed by atoms with E-state index in [1.165, 1.54) is 16.5 Å². The van der Waals surface area contributed by atoms with E-state index in [2.05, 4.69) is 43.9 Å². The molecule has 0 bridgehead atoms. The average molecular weight is 405 g/mol. The summed E-state index contributed by atoms with van der Waals surface area (Å²) in [4.78, 5) is 24.7. The second kappa shape index (κ2) is 8.55. The molecule has 2 aliphatic rings. The number of fused-ring (bicyclic) bond motifs is 1. The summed E-state index contributed by atoms with van der Waals surface area (Å²) in [6.45, 7) is 3.39. The van der Waals surface area contributed by atoms with Gasteiger partial charge in [-0.25, -0.2) is 10.9 Å². The summed E-state index contributed by atoms with van der Waals surface area (Å²) < 4.78 is 0. The molecule has 2 fully saturated rings. The summed E-state index contributed by atoms with van der Waals surface area (Å²) in [5.74, 6) is 0.255. The highest BCUT2D eigenvalue weighted by Crippen LogP contribution is 2.24. The average Bonchev–Trinajstić information content (AvgIpc) is 3.46. The monoisotopic (exact) mass is 404 g/mol. The normalized spacial score (nSPS) is 22.6. The van der Waals surface area contributed by atoms with Crippen LogP contribution in [0.3, 0.4) is 0 Å². The number of aryl methyl sites for hydroxylation is 1. The van der Waals surface area contributed by atoms with Crippen LogP contribution in [0.25, 0.3) is 10.9 Å². The highest BCUT2D eigenvalue weighted by atomic mass is 16.2. The van der Waals surface area contributed by atoms with Crippen LogP contribution in [0.5, 0.6) is 0 Å². The van der Waals surface area contributed by atoms with Gasteiger partial charge in [0.2, 0.25) is 5.91 Å². The summed E-state index contributed by atoms with van der Waals surface area (Å²) in [6.07, 6.45) is 8.40. The fraction of sp³-hybridized carbons (Fsp3) is 0.391. The molecule has 4 heterocycles. The number of amides is 1. The van der Waals surface area contributed by atoms with E-state index in [9.17, 15) is 4.79 Å². The molecule has 30 heavy (non-hydrogen) atoms. The second-order valence-electron chi connectivity index (χ2n) is 8.16. The van der Waals surface area contributed by atoms with Gasteiger partial charge in [-0.2, -0.15) is 0 Å². The van der Waals surface area contributed by atoms with Crippen LogP contribution in [-0.4, -0.2) is 58.0 Å². The molecule has 1 amide bonds. The minimum absolute atomic E-state index is 0.255. The summed E-state index contributed by atoms with van der Waals surface area (Å²) >= 11 is 0. The zero-order valence-electron chi connectivity index (χ0n) is 17.1. The molecule has 7 nitrogen and oxygen atoms in total. The molecule has 0 spiro atoms. The maximum Gasteiger partial charge on any atom is 0.222 e. The number of carbonyl (C=O) groups excluding carboxylic acids is 1. The van der Waals surface area contributed by atoms with E-state index in [0.29, 0.717) is 12.6 Å². The van der Waals surface area contributed by atoms with Crippen molar-refractivity contribution in [3.05, 3.63) is 66.1 Å². The van der Waals surface area contributed by atoms with Gasteiger partial charge in [0.05, 0.1) is 12.2 Å². The van der Waals surface area contributed by atoms with Crippen molar-refractivity contribution in [1.29, 1.82) is 0 Å². The van der Waals surface area contributed by atoms with Gasteiger partial charge in [0.1, 0.15) is 0 Å². The number of benzene rings is 1. The van der Waals surface area contributed by atoms with Crippen LogP contribution in [0.2, 0.25) is 0 Å². The van der Waals surface area contributed by atoms with Gasteiger partial charge in [0.25, 0.3) is 0 Å². The predicted molar refractivity (Wildman–Crippen MR) is 116 cm³/mol. The summed E-state index contributed by atoms with van der Waals surface area (Å²) in [5, 5.41) is 1.22. The number of piperazine rings is 1. The maximum atomic E-state index is 12.8.